The summed E-state index contributed by atoms with van der Waals surface area (Å²) in [6.07, 6.45) is 4.70. The van der Waals surface area contributed by atoms with Crippen LogP contribution in [0.4, 0.5) is 5.69 Å². The Kier molecular flexibility index (Phi) is 4.75. The lowest BCUT2D eigenvalue weighted by Gasteiger charge is -2.17. The van der Waals surface area contributed by atoms with Gasteiger partial charge in [-0.15, -0.1) is 0 Å². The highest BCUT2D eigenvalue weighted by Gasteiger charge is 2.20. The molecule has 27 heavy (non-hydrogen) atoms. The van der Waals surface area contributed by atoms with Crippen LogP contribution in [0.5, 0.6) is 11.5 Å². The second-order valence-corrected chi connectivity index (χ2v) is 6.90. The first-order valence-corrected chi connectivity index (χ1v) is 9.30. The number of hydrogen-bond donors (Lipinski definition) is 1. The van der Waals surface area contributed by atoms with E-state index in [0.29, 0.717) is 28.5 Å². The van der Waals surface area contributed by atoms with Crippen LogP contribution in [0, 0.1) is 6.92 Å². The van der Waals surface area contributed by atoms with E-state index in [1.807, 2.05) is 43.3 Å². The molecule has 1 amide bonds. The number of methoxy groups -OCH3 is 1. The number of carbonyl (C=O) groups excluding carboxylic acids is 1. The maximum absolute atomic E-state index is 12.7. The van der Waals surface area contributed by atoms with Gasteiger partial charge in [-0.25, -0.2) is 0 Å². The second kappa shape index (κ2) is 7.35. The van der Waals surface area contributed by atoms with Gasteiger partial charge in [0.2, 0.25) is 0 Å². The maximum atomic E-state index is 12.7. The van der Waals surface area contributed by atoms with Crippen molar-refractivity contribution >= 4 is 22.6 Å². The number of fused-ring (bicyclic) bond motifs is 1. The van der Waals surface area contributed by atoms with Crippen LogP contribution in [0.1, 0.15) is 41.8 Å². The number of hydrogen-bond acceptors (Lipinski definition) is 4. The van der Waals surface area contributed by atoms with Gasteiger partial charge >= 0.3 is 0 Å². The molecule has 0 spiro atoms. The lowest BCUT2D eigenvalue weighted by Crippen LogP contribution is -2.14. The summed E-state index contributed by atoms with van der Waals surface area (Å²) in [5.74, 6) is 1.37. The van der Waals surface area contributed by atoms with Gasteiger partial charge in [-0.05, 0) is 50.8 Å². The molecule has 1 heterocycles. The minimum Gasteiger partial charge on any atom is -0.493 e. The van der Waals surface area contributed by atoms with E-state index in [1.165, 1.54) is 12.8 Å². The van der Waals surface area contributed by atoms with E-state index in [4.69, 9.17) is 13.9 Å². The average molecular weight is 365 g/mol. The fourth-order valence-corrected chi connectivity index (χ4v) is 3.61. The van der Waals surface area contributed by atoms with Crippen LogP contribution in [0.3, 0.4) is 0 Å². The fraction of sp³-hybridized carbons (Fsp3) is 0.318. The molecule has 0 bridgehead atoms. The van der Waals surface area contributed by atoms with Crippen molar-refractivity contribution in [3.63, 3.8) is 0 Å². The van der Waals surface area contributed by atoms with E-state index < -0.39 is 0 Å². The minimum atomic E-state index is -0.277. The largest absolute Gasteiger partial charge is 0.493 e. The van der Waals surface area contributed by atoms with E-state index in [2.05, 4.69) is 5.32 Å². The summed E-state index contributed by atoms with van der Waals surface area (Å²) >= 11 is 0. The monoisotopic (exact) mass is 365 g/mol. The molecule has 0 aliphatic heterocycles. The van der Waals surface area contributed by atoms with Crippen LogP contribution >= 0.6 is 0 Å². The van der Waals surface area contributed by atoms with Crippen LogP contribution in [-0.2, 0) is 0 Å². The zero-order valence-electron chi connectivity index (χ0n) is 15.6. The van der Waals surface area contributed by atoms with Gasteiger partial charge in [0, 0.05) is 22.7 Å². The summed E-state index contributed by atoms with van der Waals surface area (Å²) in [7, 11) is 1.62. The number of rotatable bonds is 5. The van der Waals surface area contributed by atoms with Crippen molar-refractivity contribution in [3.8, 4) is 11.5 Å². The molecule has 0 unspecified atom stereocenters. The van der Waals surface area contributed by atoms with Gasteiger partial charge in [0.1, 0.15) is 5.58 Å². The summed E-state index contributed by atoms with van der Waals surface area (Å²) in [5, 5.41) is 3.86. The van der Waals surface area contributed by atoms with Crippen molar-refractivity contribution in [2.24, 2.45) is 0 Å². The van der Waals surface area contributed by atoms with Crippen LogP contribution in [0.15, 0.2) is 46.9 Å². The first kappa shape index (κ1) is 17.5. The molecule has 4 rings (SSSR count). The molecule has 5 heteroatoms. The third kappa shape index (κ3) is 3.50. The molecule has 1 aliphatic rings. The standard InChI is InChI=1S/C22H23NO4/c1-14-17-9-5-6-10-18(17)27-21(14)22(24)23-15-11-12-19(25-2)20(13-15)26-16-7-3-4-8-16/h5-6,9-13,16H,3-4,7-8H2,1-2H3,(H,23,24). The Labute approximate surface area is 158 Å². The van der Waals surface area contributed by atoms with Crippen LogP contribution < -0.4 is 14.8 Å². The van der Waals surface area contributed by atoms with Crippen LogP contribution in [-0.4, -0.2) is 19.1 Å². The van der Waals surface area contributed by atoms with E-state index in [9.17, 15) is 4.79 Å². The molecule has 5 nitrogen and oxygen atoms in total. The van der Waals surface area contributed by atoms with Gasteiger partial charge in [-0.3, -0.25) is 4.79 Å². The molecule has 0 saturated heterocycles. The van der Waals surface area contributed by atoms with E-state index >= 15 is 0 Å². The van der Waals surface area contributed by atoms with Gasteiger partial charge in [-0.1, -0.05) is 18.2 Å². The van der Waals surface area contributed by atoms with Gasteiger partial charge in [0.25, 0.3) is 5.91 Å². The van der Waals surface area contributed by atoms with Crippen molar-refractivity contribution in [1.29, 1.82) is 0 Å². The fourth-order valence-electron chi connectivity index (χ4n) is 3.61. The summed E-state index contributed by atoms with van der Waals surface area (Å²) < 4.78 is 17.2. The third-order valence-corrected chi connectivity index (χ3v) is 5.07. The van der Waals surface area contributed by atoms with Gasteiger partial charge in [-0.2, -0.15) is 0 Å². The number of anilines is 1. The number of ether oxygens (including phenoxy) is 2. The molecule has 1 fully saturated rings. The second-order valence-electron chi connectivity index (χ2n) is 6.90. The van der Waals surface area contributed by atoms with Gasteiger partial charge in [0.05, 0.1) is 13.2 Å². The first-order chi connectivity index (χ1) is 13.2. The summed E-state index contributed by atoms with van der Waals surface area (Å²) in [6, 6.07) is 13.1. The average Bonchev–Trinajstić information content (AvgIpc) is 3.30. The normalized spacial score (nSPS) is 14.4. The lowest BCUT2D eigenvalue weighted by molar-refractivity contribution is 0.0998. The smallest absolute Gasteiger partial charge is 0.291 e. The Morgan fingerprint density at radius 2 is 1.89 bits per heavy atom. The number of para-hydroxylation sites is 1. The molecule has 1 N–H and O–H groups in total. The summed E-state index contributed by atoms with van der Waals surface area (Å²) in [5.41, 5.74) is 2.19. The van der Waals surface area contributed by atoms with Crippen molar-refractivity contribution in [2.75, 3.05) is 12.4 Å². The van der Waals surface area contributed by atoms with Crippen molar-refractivity contribution in [2.45, 2.75) is 38.7 Å². The number of nitrogens with one attached hydrogen (secondary N) is 1. The quantitative estimate of drug-likeness (QED) is 0.664. The molecule has 140 valence electrons. The van der Waals surface area contributed by atoms with Crippen molar-refractivity contribution in [3.05, 3.63) is 53.8 Å². The van der Waals surface area contributed by atoms with E-state index in [-0.39, 0.29) is 12.0 Å². The minimum absolute atomic E-state index is 0.211. The number of carbonyl (C=O) groups is 1. The Bertz CT molecular complexity index is 970. The predicted molar refractivity (Wildman–Crippen MR) is 105 cm³/mol. The molecular formula is C22H23NO4. The first-order valence-electron chi connectivity index (χ1n) is 9.30. The predicted octanol–water partition coefficient (Wildman–Crippen LogP) is 5.32. The van der Waals surface area contributed by atoms with Crippen molar-refractivity contribution in [1.82, 2.24) is 0 Å². The Morgan fingerprint density at radius 1 is 1.11 bits per heavy atom. The maximum Gasteiger partial charge on any atom is 0.291 e. The van der Waals surface area contributed by atoms with E-state index in [1.54, 1.807) is 13.2 Å². The Hall–Kier alpha value is -2.95. The molecule has 2 aromatic carbocycles. The molecule has 0 radical (unpaired) electrons. The number of aryl methyl sites for hydroxylation is 1. The highest BCUT2D eigenvalue weighted by molar-refractivity contribution is 6.06. The zero-order valence-corrected chi connectivity index (χ0v) is 15.6. The van der Waals surface area contributed by atoms with Crippen molar-refractivity contribution < 1.29 is 18.7 Å². The van der Waals surface area contributed by atoms with E-state index in [0.717, 1.165) is 23.8 Å². The third-order valence-electron chi connectivity index (χ3n) is 5.07. The Morgan fingerprint density at radius 3 is 2.63 bits per heavy atom. The SMILES string of the molecule is COc1ccc(NC(=O)c2oc3ccccc3c2C)cc1OC1CCCC1. The number of benzene rings is 2. The molecule has 1 aromatic heterocycles. The molecule has 0 atom stereocenters. The zero-order chi connectivity index (χ0) is 18.8. The van der Waals surface area contributed by atoms with Gasteiger partial charge < -0.3 is 19.2 Å². The van der Waals surface area contributed by atoms with Gasteiger partial charge in [0.15, 0.2) is 17.3 Å². The lowest BCUT2D eigenvalue weighted by atomic mass is 10.1. The highest BCUT2D eigenvalue weighted by atomic mass is 16.5. The molecule has 1 aliphatic carbocycles. The summed E-state index contributed by atoms with van der Waals surface area (Å²) in [4.78, 5) is 12.7. The topological polar surface area (TPSA) is 60.7 Å². The summed E-state index contributed by atoms with van der Waals surface area (Å²) in [6.45, 7) is 1.89. The highest BCUT2D eigenvalue weighted by Crippen LogP contribution is 2.34. The molecular weight excluding hydrogens is 342 g/mol. The molecule has 3 aromatic rings. The van der Waals surface area contributed by atoms with Crippen LogP contribution in [0.2, 0.25) is 0 Å². The number of amides is 1. The number of furan rings is 1. The molecule has 1 saturated carbocycles. The van der Waals surface area contributed by atoms with Crippen LogP contribution in [0.25, 0.3) is 11.0 Å². The Balaban J connectivity index is 1.57.